The molecular formula is C10H12N2O. The van der Waals surface area contributed by atoms with Crippen molar-refractivity contribution in [3.8, 4) is 11.8 Å². The summed E-state index contributed by atoms with van der Waals surface area (Å²) in [5, 5.41) is 11.7. The van der Waals surface area contributed by atoms with Gasteiger partial charge in [0.25, 0.3) is 0 Å². The molecule has 0 spiro atoms. The van der Waals surface area contributed by atoms with Crippen LogP contribution in [0.15, 0.2) is 18.3 Å². The SMILES string of the molecule is CNCC#Cc1ccc(CO)cn1. The Hall–Kier alpha value is -1.37. The lowest BCUT2D eigenvalue weighted by atomic mass is 10.2. The van der Waals surface area contributed by atoms with Gasteiger partial charge >= 0.3 is 0 Å². The van der Waals surface area contributed by atoms with E-state index in [0.29, 0.717) is 6.54 Å². The van der Waals surface area contributed by atoms with Crippen LogP contribution in [0.25, 0.3) is 0 Å². The Labute approximate surface area is 77.8 Å². The zero-order valence-corrected chi connectivity index (χ0v) is 7.54. The Kier molecular flexibility index (Phi) is 3.97. The standard InChI is InChI=1S/C10H12N2O/c1-11-6-2-3-10-5-4-9(8-13)7-12-10/h4-5,7,11,13H,6,8H2,1H3. The van der Waals surface area contributed by atoms with E-state index in [4.69, 9.17) is 5.11 Å². The van der Waals surface area contributed by atoms with Gasteiger partial charge < -0.3 is 10.4 Å². The number of aliphatic hydroxyl groups excluding tert-OH is 1. The molecule has 3 nitrogen and oxygen atoms in total. The first kappa shape index (κ1) is 9.72. The highest BCUT2D eigenvalue weighted by Gasteiger charge is 1.90. The van der Waals surface area contributed by atoms with Crippen molar-refractivity contribution >= 4 is 0 Å². The van der Waals surface area contributed by atoms with Crippen molar-refractivity contribution in [2.45, 2.75) is 6.61 Å². The highest BCUT2D eigenvalue weighted by atomic mass is 16.3. The van der Waals surface area contributed by atoms with Gasteiger partial charge in [0.2, 0.25) is 0 Å². The van der Waals surface area contributed by atoms with E-state index in [-0.39, 0.29) is 6.61 Å². The van der Waals surface area contributed by atoms with Crippen LogP contribution in [0.2, 0.25) is 0 Å². The molecule has 2 N–H and O–H groups in total. The first-order valence-electron chi connectivity index (χ1n) is 4.06. The molecule has 0 aliphatic heterocycles. The Morgan fingerprint density at radius 3 is 2.92 bits per heavy atom. The van der Waals surface area contributed by atoms with Crippen LogP contribution in [-0.4, -0.2) is 23.7 Å². The maximum absolute atomic E-state index is 8.76. The maximum Gasteiger partial charge on any atom is 0.113 e. The van der Waals surface area contributed by atoms with Crippen LogP contribution in [0.4, 0.5) is 0 Å². The second-order valence-electron chi connectivity index (χ2n) is 2.54. The molecule has 0 aliphatic rings. The number of pyridine rings is 1. The molecule has 1 aromatic heterocycles. The molecule has 0 amide bonds. The van der Waals surface area contributed by atoms with Gasteiger partial charge in [-0.15, -0.1) is 0 Å². The van der Waals surface area contributed by atoms with Crippen molar-refractivity contribution in [1.29, 1.82) is 0 Å². The van der Waals surface area contributed by atoms with Gasteiger partial charge in [-0.3, -0.25) is 0 Å². The van der Waals surface area contributed by atoms with Gasteiger partial charge in [0, 0.05) is 6.20 Å². The summed E-state index contributed by atoms with van der Waals surface area (Å²) in [6.45, 7) is 0.681. The summed E-state index contributed by atoms with van der Waals surface area (Å²) in [5.41, 5.74) is 1.53. The minimum atomic E-state index is 0.0250. The van der Waals surface area contributed by atoms with Crippen molar-refractivity contribution in [2.24, 2.45) is 0 Å². The summed E-state index contributed by atoms with van der Waals surface area (Å²) in [6, 6.07) is 3.62. The highest BCUT2D eigenvalue weighted by molar-refractivity contribution is 5.29. The average molecular weight is 176 g/mol. The van der Waals surface area contributed by atoms with Gasteiger partial charge in [-0.2, -0.15) is 0 Å². The highest BCUT2D eigenvalue weighted by Crippen LogP contribution is 1.98. The summed E-state index contributed by atoms with van der Waals surface area (Å²) >= 11 is 0. The van der Waals surface area contributed by atoms with Gasteiger partial charge in [0.15, 0.2) is 0 Å². The number of nitrogens with one attached hydrogen (secondary N) is 1. The molecule has 1 heterocycles. The molecule has 0 fully saturated rings. The number of hydrogen-bond acceptors (Lipinski definition) is 3. The zero-order chi connectivity index (χ0) is 9.52. The minimum Gasteiger partial charge on any atom is -0.392 e. The zero-order valence-electron chi connectivity index (χ0n) is 7.54. The number of aliphatic hydroxyl groups is 1. The molecule has 0 unspecified atom stereocenters. The van der Waals surface area contributed by atoms with Crippen LogP contribution < -0.4 is 5.32 Å². The van der Waals surface area contributed by atoms with Crippen LogP contribution in [0.5, 0.6) is 0 Å². The molecule has 0 saturated carbocycles. The molecule has 1 rings (SSSR count). The molecule has 3 heteroatoms. The Bertz CT molecular complexity index is 308. The molecule has 0 atom stereocenters. The van der Waals surface area contributed by atoms with Crippen LogP contribution >= 0.6 is 0 Å². The monoisotopic (exact) mass is 176 g/mol. The number of aromatic nitrogens is 1. The number of hydrogen-bond donors (Lipinski definition) is 2. The third-order valence-corrected chi connectivity index (χ3v) is 1.49. The molecule has 0 saturated heterocycles. The second-order valence-corrected chi connectivity index (χ2v) is 2.54. The fourth-order valence-corrected chi connectivity index (χ4v) is 0.815. The van der Waals surface area contributed by atoms with Gasteiger partial charge in [0.1, 0.15) is 5.69 Å². The van der Waals surface area contributed by atoms with E-state index in [1.54, 1.807) is 12.3 Å². The molecule has 0 radical (unpaired) electrons. The normalized spacial score (nSPS) is 9.08. The molecule has 1 aromatic rings. The van der Waals surface area contributed by atoms with E-state index < -0.39 is 0 Å². The number of rotatable bonds is 2. The van der Waals surface area contributed by atoms with Gasteiger partial charge in [0.05, 0.1) is 13.2 Å². The van der Waals surface area contributed by atoms with Crippen molar-refractivity contribution < 1.29 is 5.11 Å². The van der Waals surface area contributed by atoms with E-state index in [2.05, 4.69) is 22.1 Å². The molecule has 0 aliphatic carbocycles. The van der Waals surface area contributed by atoms with Crippen LogP contribution in [-0.2, 0) is 6.61 Å². The van der Waals surface area contributed by atoms with E-state index in [0.717, 1.165) is 11.3 Å². The first-order chi connectivity index (χ1) is 6.36. The Balaban J connectivity index is 2.65. The molecule has 0 aromatic carbocycles. The summed E-state index contributed by atoms with van der Waals surface area (Å²) in [7, 11) is 1.84. The molecule has 0 bridgehead atoms. The predicted octanol–water partition coefficient (Wildman–Crippen LogP) is 0.145. The lowest BCUT2D eigenvalue weighted by molar-refractivity contribution is 0.281. The van der Waals surface area contributed by atoms with E-state index in [1.807, 2.05) is 13.1 Å². The molecule has 68 valence electrons. The quantitative estimate of drug-likeness (QED) is 0.630. The van der Waals surface area contributed by atoms with Crippen molar-refractivity contribution in [1.82, 2.24) is 10.3 Å². The summed E-state index contributed by atoms with van der Waals surface area (Å²) in [5.74, 6) is 5.79. The fraction of sp³-hybridized carbons (Fsp3) is 0.300. The van der Waals surface area contributed by atoms with Gasteiger partial charge in [-0.25, -0.2) is 4.98 Å². The number of nitrogens with zero attached hydrogens (tertiary/aromatic N) is 1. The van der Waals surface area contributed by atoms with Crippen molar-refractivity contribution in [3.05, 3.63) is 29.6 Å². The average Bonchev–Trinajstić information content (AvgIpc) is 2.19. The van der Waals surface area contributed by atoms with E-state index in [1.165, 1.54) is 0 Å². The van der Waals surface area contributed by atoms with Crippen LogP contribution in [0.3, 0.4) is 0 Å². The van der Waals surface area contributed by atoms with E-state index >= 15 is 0 Å². The molecule has 13 heavy (non-hydrogen) atoms. The van der Waals surface area contributed by atoms with Crippen molar-refractivity contribution in [2.75, 3.05) is 13.6 Å². The predicted molar refractivity (Wildman–Crippen MR) is 51.0 cm³/mol. The summed E-state index contributed by atoms with van der Waals surface area (Å²) in [4.78, 5) is 4.06. The van der Waals surface area contributed by atoms with Gasteiger partial charge in [-0.1, -0.05) is 12.0 Å². The Morgan fingerprint density at radius 1 is 1.54 bits per heavy atom. The summed E-state index contributed by atoms with van der Waals surface area (Å²) in [6.07, 6.45) is 1.63. The minimum absolute atomic E-state index is 0.0250. The second kappa shape index (κ2) is 5.31. The lowest BCUT2D eigenvalue weighted by Gasteiger charge is -1.93. The van der Waals surface area contributed by atoms with Crippen molar-refractivity contribution in [3.63, 3.8) is 0 Å². The first-order valence-corrected chi connectivity index (χ1v) is 4.06. The maximum atomic E-state index is 8.76. The van der Waals surface area contributed by atoms with Crippen LogP contribution in [0.1, 0.15) is 11.3 Å². The fourth-order valence-electron chi connectivity index (χ4n) is 0.815. The largest absolute Gasteiger partial charge is 0.392 e. The molecular weight excluding hydrogens is 164 g/mol. The third-order valence-electron chi connectivity index (χ3n) is 1.49. The smallest absolute Gasteiger partial charge is 0.113 e. The van der Waals surface area contributed by atoms with Gasteiger partial charge in [-0.05, 0) is 24.6 Å². The van der Waals surface area contributed by atoms with E-state index in [9.17, 15) is 0 Å². The van der Waals surface area contributed by atoms with Crippen LogP contribution in [0, 0.1) is 11.8 Å². The summed E-state index contributed by atoms with van der Waals surface area (Å²) < 4.78 is 0. The Morgan fingerprint density at radius 2 is 2.38 bits per heavy atom. The topological polar surface area (TPSA) is 45.1 Å². The third kappa shape index (κ3) is 3.24. The lowest BCUT2D eigenvalue weighted by Crippen LogP contribution is -2.04.